The summed E-state index contributed by atoms with van der Waals surface area (Å²) in [5.41, 5.74) is 1.24. The van der Waals surface area contributed by atoms with E-state index in [2.05, 4.69) is 25.3 Å². The zero-order valence-electron chi connectivity index (χ0n) is 10.5. The van der Waals surface area contributed by atoms with Crippen molar-refractivity contribution in [2.75, 3.05) is 12.4 Å². The number of benzene rings is 1. The quantitative estimate of drug-likeness (QED) is 0.543. The molecule has 3 heteroatoms. The Labute approximate surface area is 108 Å². The number of nitrogens with zero attached hydrogens (tertiary/aromatic N) is 1. The lowest BCUT2D eigenvalue weighted by Crippen LogP contribution is -2.06. The molecule has 0 saturated carbocycles. The molecule has 0 bridgehead atoms. The van der Waals surface area contributed by atoms with E-state index in [4.69, 9.17) is 10.00 Å². The van der Waals surface area contributed by atoms with Crippen LogP contribution in [0.1, 0.15) is 25.8 Å². The Morgan fingerprint density at radius 2 is 2.12 bits per heavy atom. The summed E-state index contributed by atoms with van der Waals surface area (Å²) < 4.78 is 5.78. The fourth-order valence-electron chi connectivity index (χ4n) is 1.49. The third kappa shape index (κ3) is 5.65. The first kappa shape index (κ1) is 13.9. The lowest BCUT2D eigenvalue weighted by molar-refractivity contribution is 0.268. The first-order chi connectivity index (χ1) is 8.24. The van der Waals surface area contributed by atoms with E-state index < -0.39 is 0 Å². The molecule has 1 aromatic carbocycles. The maximum absolute atomic E-state index is 8.45. The van der Waals surface area contributed by atoms with Crippen LogP contribution in [0, 0.1) is 16.6 Å². The highest BCUT2D eigenvalue weighted by Crippen LogP contribution is 2.20. The van der Waals surface area contributed by atoms with Gasteiger partial charge >= 0.3 is 0 Å². The number of thioether (sulfide) groups is 1. The Hall–Kier alpha value is -1.14. The van der Waals surface area contributed by atoms with Crippen molar-refractivity contribution in [2.24, 2.45) is 5.92 Å². The van der Waals surface area contributed by atoms with Gasteiger partial charge in [-0.1, -0.05) is 32.0 Å². The topological polar surface area (TPSA) is 33.0 Å². The second kappa shape index (κ2) is 8.03. The summed E-state index contributed by atoms with van der Waals surface area (Å²) in [5, 5.41) is 10.5. The van der Waals surface area contributed by atoms with Crippen molar-refractivity contribution in [3.05, 3.63) is 29.8 Å². The maximum Gasteiger partial charge on any atom is 0.133 e. The second-order valence-electron chi connectivity index (χ2n) is 4.36. The summed E-state index contributed by atoms with van der Waals surface area (Å²) in [5.74, 6) is 2.41. The Morgan fingerprint density at radius 3 is 2.82 bits per heavy atom. The first-order valence-electron chi connectivity index (χ1n) is 5.95. The van der Waals surface area contributed by atoms with E-state index in [0.29, 0.717) is 5.92 Å². The molecule has 0 aliphatic rings. The minimum absolute atomic E-state index is 0.539. The van der Waals surface area contributed by atoms with Crippen LogP contribution in [-0.2, 0) is 6.42 Å². The molecule has 0 aliphatic carbocycles. The van der Waals surface area contributed by atoms with Crippen LogP contribution in [0.4, 0.5) is 0 Å². The molecule has 17 heavy (non-hydrogen) atoms. The number of nitriles is 1. The first-order valence-corrected chi connectivity index (χ1v) is 6.94. The number of aryl methyl sites for hydroxylation is 1. The zero-order chi connectivity index (χ0) is 12.5. The van der Waals surface area contributed by atoms with E-state index in [9.17, 15) is 0 Å². The van der Waals surface area contributed by atoms with Crippen molar-refractivity contribution < 1.29 is 4.74 Å². The third-order valence-electron chi connectivity index (χ3n) is 2.30. The Balaban J connectivity index is 2.49. The summed E-state index contributed by atoms with van der Waals surface area (Å²) in [6, 6.07) is 8.17. The average Bonchev–Trinajstić information content (AvgIpc) is 2.33. The molecule has 0 radical (unpaired) electrons. The lowest BCUT2D eigenvalue weighted by atomic mass is 10.1. The van der Waals surface area contributed by atoms with Crippen molar-refractivity contribution in [1.29, 1.82) is 5.26 Å². The van der Waals surface area contributed by atoms with Crippen molar-refractivity contribution in [3.63, 3.8) is 0 Å². The summed E-state index contributed by atoms with van der Waals surface area (Å²) in [7, 11) is 0. The van der Waals surface area contributed by atoms with Crippen molar-refractivity contribution >= 4 is 11.8 Å². The van der Waals surface area contributed by atoms with Gasteiger partial charge < -0.3 is 4.74 Å². The fourth-order valence-corrected chi connectivity index (χ4v) is 1.87. The summed E-state index contributed by atoms with van der Waals surface area (Å²) >= 11 is 1.32. The molecule has 0 amide bonds. The minimum atomic E-state index is 0.539. The van der Waals surface area contributed by atoms with Crippen LogP contribution in [0.3, 0.4) is 0 Å². The van der Waals surface area contributed by atoms with Gasteiger partial charge in [0.2, 0.25) is 0 Å². The number of rotatable bonds is 7. The van der Waals surface area contributed by atoms with Gasteiger partial charge in [0.05, 0.1) is 6.61 Å². The van der Waals surface area contributed by atoms with Gasteiger partial charge in [-0.2, -0.15) is 5.26 Å². The molecule has 1 rings (SSSR count). The van der Waals surface area contributed by atoms with Gasteiger partial charge in [-0.05, 0) is 42.2 Å². The molecule has 1 aromatic rings. The Bertz CT molecular complexity index is 371. The maximum atomic E-state index is 8.45. The normalized spacial score (nSPS) is 10.2. The van der Waals surface area contributed by atoms with Crippen LogP contribution in [0.15, 0.2) is 24.3 Å². The van der Waals surface area contributed by atoms with Crippen LogP contribution in [0.2, 0.25) is 0 Å². The fraction of sp³-hybridized carbons (Fsp3) is 0.500. The Morgan fingerprint density at radius 1 is 1.35 bits per heavy atom. The SMILES string of the molecule is CC(C)COc1ccccc1CCCSC#N. The van der Waals surface area contributed by atoms with E-state index in [-0.39, 0.29) is 0 Å². The van der Waals surface area contributed by atoms with E-state index in [1.54, 1.807) is 0 Å². The van der Waals surface area contributed by atoms with Gasteiger partial charge in [-0.25, -0.2) is 0 Å². The third-order valence-corrected chi connectivity index (χ3v) is 2.92. The molecular formula is C14H19NOS. The average molecular weight is 249 g/mol. The van der Waals surface area contributed by atoms with Crippen LogP contribution in [0.5, 0.6) is 5.75 Å². The van der Waals surface area contributed by atoms with Gasteiger partial charge in [0, 0.05) is 5.75 Å². The molecule has 0 fully saturated rings. The smallest absolute Gasteiger partial charge is 0.133 e. The van der Waals surface area contributed by atoms with E-state index >= 15 is 0 Å². The lowest BCUT2D eigenvalue weighted by Gasteiger charge is -2.12. The van der Waals surface area contributed by atoms with Crippen LogP contribution in [-0.4, -0.2) is 12.4 Å². The number of thiocyanates is 1. The standard InChI is InChI=1S/C14H19NOS/c1-12(2)10-16-14-8-4-3-6-13(14)7-5-9-17-11-15/h3-4,6,8,12H,5,7,9-10H2,1-2H3. The predicted octanol–water partition coefficient (Wildman–Crippen LogP) is 3.87. The molecule has 0 aliphatic heterocycles. The molecule has 0 N–H and O–H groups in total. The Kier molecular flexibility index (Phi) is 6.57. The molecule has 0 atom stereocenters. The van der Waals surface area contributed by atoms with Crippen LogP contribution in [0.25, 0.3) is 0 Å². The second-order valence-corrected chi connectivity index (χ2v) is 5.24. The van der Waals surface area contributed by atoms with Gasteiger partial charge in [0.15, 0.2) is 0 Å². The van der Waals surface area contributed by atoms with E-state index in [0.717, 1.165) is 31.0 Å². The molecular weight excluding hydrogens is 230 g/mol. The van der Waals surface area contributed by atoms with Gasteiger partial charge in [-0.15, -0.1) is 0 Å². The molecule has 92 valence electrons. The summed E-state index contributed by atoms with van der Waals surface area (Å²) in [4.78, 5) is 0. The van der Waals surface area contributed by atoms with E-state index in [1.165, 1.54) is 17.3 Å². The highest BCUT2D eigenvalue weighted by Gasteiger charge is 2.03. The van der Waals surface area contributed by atoms with Crippen LogP contribution < -0.4 is 4.74 Å². The highest BCUT2D eigenvalue weighted by atomic mass is 32.2. The number of para-hydroxylation sites is 1. The van der Waals surface area contributed by atoms with Gasteiger partial charge in [0.1, 0.15) is 11.2 Å². The van der Waals surface area contributed by atoms with Crippen LogP contribution >= 0.6 is 11.8 Å². The van der Waals surface area contributed by atoms with Crippen molar-refractivity contribution in [2.45, 2.75) is 26.7 Å². The number of ether oxygens (including phenoxy) is 1. The van der Waals surface area contributed by atoms with Crippen molar-refractivity contribution in [1.82, 2.24) is 0 Å². The highest BCUT2D eigenvalue weighted by molar-refractivity contribution is 8.03. The monoisotopic (exact) mass is 249 g/mol. The largest absolute Gasteiger partial charge is 0.493 e. The molecule has 0 aromatic heterocycles. The van der Waals surface area contributed by atoms with Crippen molar-refractivity contribution in [3.8, 4) is 11.2 Å². The van der Waals surface area contributed by atoms with E-state index in [1.807, 2.05) is 18.2 Å². The molecule has 0 spiro atoms. The minimum Gasteiger partial charge on any atom is -0.493 e. The van der Waals surface area contributed by atoms with Gasteiger partial charge in [0.25, 0.3) is 0 Å². The molecule has 0 unspecified atom stereocenters. The molecule has 0 saturated heterocycles. The molecule has 0 heterocycles. The van der Waals surface area contributed by atoms with Gasteiger partial charge in [-0.3, -0.25) is 0 Å². The summed E-state index contributed by atoms with van der Waals surface area (Å²) in [6.45, 7) is 5.04. The summed E-state index contributed by atoms with van der Waals surface area (Å²) in [6.07, 6.45) is 1.99. The molecule has 2 nitrogen and oxygen atoms in total. The zero-order valence-corrected chi connectivity index (χ0v) is 11.3. The number of hydrogen-bond donors (Lipinski definition) is 0. The predicted molar refractivity (Wildman–Crippen MR) is 73.2 cm³/mol. The number of hydrogen-bond acceptors (Lipinski definition) is 3.